The predicted molar refractivity (Wildman–Crippen MR) is 98.0 cm³/mol. The lowest BCUT2D eigenvalue weighted by atomic mass is 10.0. The van der Waals surface area contributed by atoms with E-state index >= 15 is 0 Å². The van der Waals surface area contributed by atoms with E-state index in [4.69, 9.17) is 12.2 Å². The van der Waals surface area contributed by atoms with Crippen LogP contribution in [0.5, 0.6) is 0 Å². The van der Waals surface area contributed by atoms with Crippen LogP contribution in [0.1, 0.15) is 19.3 Å². The summed E-state index contributed by atoms with van der Waals surface area (Å²) in [5.41, 5.74) is 0.926. The molecule has 0 bridgehead atoms. The number of hydrogen-bond acceptors (Lipinski definition) is 4. The maximum Gasteiger partial charge on any atom is 0.327 e. The smallest absolute Gasteiger partial charge is 0.327 e. The molecule has 2 saturated heterocycles. The van der Waals surface area contributed by atoms with Gasteiger partial charge in [0.15, 0.2) is 5.11 Å². The number of benzene rings is 1. The topological polar surface area (TPSA) is 81.7 Å². The van der Waals surface area contributed by atoms with Crippen LogP contribution in [0, 0.1) is 0 Å². The van der Waals surface area contributed by atoms with E-state index in [1.807, 2.05) is 30.3 Å². The Morgan fingerprint density at radius 3 is 2.79 bits per heavy atom. The predicted octanol–water partition coefficient (Wildman–Crippen LogP) is 1.88. The summed E-state index contributed by atoms with van der Waals surface area (Å²) < 4.78 is 0. The average molecular weight is 365 g/mol. The number of carboxylic acid groups (broad SMARTS) is 1. The number of carbonyl (C=O) groups excluding carboxylic acids is 1. The van der Waals surface area contributed by atoms with Crippen molar-refractivity contribution >= 4 is 46.7 Å². The number of thiocarbonyl (C=S) groups is 1. The Hall–Kier alpha value is -1.80. The Labute approximate surface area is 150 Å². The molecule has 24 heavy (non-hydrogen) atoms. The van der Waals surface area contributed by atoms with Crippen molar-refractivity contribution in [1.82, 2.24) is 10.2 Å². The lowest BCUT2D eigenvalue weighted by Crippen LogP contribution is -2.55. The molecule has 3 atom stereocenters. The summed E-state index contributed by atoms with van der Waals surface area (Å²) in [7, 11) is 0. The van der Waals surface area contributed by atoms with E-state index < -0.39 is 12.0 Å². The Morgan fingerprint density at radius 1 is 1.38 bits per heavy atom. The van der Waals surface area contributed by atoms with Crippen LogP contribution in [0.15, 0.2) is 30.3 Å². The van der Waals surface area contributed by atoms with Gasteiger partial charge in [0.1, 0.15) is 6.04 Å². The summed E-state index contributed by atoms with van der Waals surface area (Å²) in [6, 6.07) is 8.98. The zero-order valence-electron chi connectivity index (χ0n) is 13.0. The van der Waals surface area contributed by atoms with Crippen LogP contribution in [0.2, 0.25) is 0 Å². The third kappa shape index (κ3) is 3.64. The molecule has 128 valence electrons. The molecule has 6 nitrogen and oxygen atoms in total. The van der Waals surface area contributed by atoms with E-state index in [2.05, 4.69) is 10.6 Å². The van der Waals surface area contributed by atoms with Gasteiger partial charge in [-0.15, -0.1) is 11.8 Å². The second-order valence-electron chi connectivity index (χ2n) is 5.81. The second kappa shape index (κ2) is 7.40. The molecule has 1 aromatic rings. The highest BCUT2D eigenvalue weighted by Crippen LogP contribution is 2.45. The number of amides is 1. The molecule has 1 aromatic carbocycles. The molecule has 2 heterocycles. The standard InChI is InChI=1S/C16H19N3O3S2/c20-12-9-13-19(12)14(15(21)22)11(24-13)7-4-8-17-16(23)18-10-5-2-1-3-6-10/h1-3,5-6,11,13-14H,4,7-9H2,(H,21,22)(H2,17,18,23)/t11?,13-,14?/m0/s1. The number of carboxylic acids is 1. The number of nitrogens with zero attached hydrogens (tertiary/aromatic N) is 1. The van der Waals surface area contributed by atoms with Crippen molar-refractivity contribution in [2.24, 2.45) is 0 Å². The van der Waals surface area contributed by atoms with Crippen LogP contribution >= 0.6 is 24.0 Å². The first-order chi connectivity index (χ1) is 11.6. The second-order valence-corrected chi connectivity index (χ2v) is 7.64. The first kappa shape index (κ1) is 17.0. The zero-order chi connectivity index (χ0) is 17.1. The zero-order valence-corrected chi connectivity index (χ0v) is 14.6. The van der Waals surface area contributed by atoms with Crippen molar-refractivity contribution in [1.29, 1.82) is 0 Å². The van der Waals surface area contributed by atoms with Gasteiger partial charge in [-0.2, -0.15) is 0 Å². The van der Waals surface area contributed by atoms with Gasteiger partial charge in [-0.05, 0) is 37.2 Å². The molecular formula is C16H19N3O3S2. The van der Waals surface area contributed by atoms with Crippen LogP contribution in [0.3, 0.4) is 0 Å². The molecule has 1 amide bonds. The van der Waals surface area contributed by atoms with E-state index in [0.717, 1.165) is 18.5 Å². The summed E-state index contributed by atoms with van der Waals surface area (Å²) in [6.07, 6.45) is 2.00. The van der Waals surface area contributed by atoms with Gasteiger partial charge in [-0.1, -0.05) is 18.2 Å². The van der Waals surface area contributed by atoms with Crippen LogP contribution in [-0.4, -0.2) is 50.2 Å². The van der Waals surface area contributed by atoms with Gasteiger partial charge in [0.25, 0.3) is 0 Å². The Balaban J connectivity index is 1.41. The number of carbonyl (C=O) groups is 2. The maximum atomic E-state index is 11.6. The number of rotatable bonds is 6. The van der Waals surface area contributed by atoms with Gasteiger partial charge < -0.3 is 20.6 Å². The number of β-lactam (4-membered cyclic amide) rings is 1. The molecular weight excluding hydrogens is 346 g/mol. The lowest BCUT2D eigenvalue weighted by molar-refractivity contribution is -0.156. The van der Waals surface area contributed by atoms with Gasteiger partial charge in [0.05, 0.1) is 11.8 Å². The number of fused-ring (bicyclic) bond motifs is 1. The minimum atomic E-state index is -0.905. The minimum absolute atomic E-state index is 0.0450. The summed E-state index contributed by atoms with van der Waals surface area (Å²) in [4.78, 5) is 24.5. The van der Waals surface area contributed by atoms with Crippen molar-refractivity contribution < 1.29 is 14.7 Å². The van der Waals surface area contributed by atoms with Gasteiger partial charge in [-0.3, -0.25) is 4.79 Å². The SMILES string of the molecule is O=C(O)C1C(CCCNC(=S)Nc2ccccc2)S[C@H]2CC(=O)N12. The fourth-order valence-corrected chi connectivity index (χ4v) is 4.95. The molecule has 0 spiro atoms. The summed E-state index contributed by atoms with van der Waals surface area (Å²) in [5.74, 6) is -0.953. The number of anilines is 1. The molecule has 0 saturated carbocycles. The molecule has 0 aliphatic carbocycles. The Morgan fingerprint density at radius 2 is 2.12 bits per heavy atom. The highest BCUT2D eigenvalue weighted by Gasteiger charge is 2.54. The van der Waals surface area contributed by atoms with Crippen molar-refractivity contribution in [2.45, 2.75) is 35.9 Å². The van der Waals surface area contributed by atoms with Crippen molar-refractivity contribution in [3.05, 3.63) is 30.3 Å². The fourth-order valence-electron chi connectivity index (χ4n) is 3.01. The van der Waals surface area contributed by atoms with Crippen LogP contribution in [0.4, 0.5) is 5.69 Å². The monoisotopic (exact) mass is 365 g/mol. The maximum absolute atomic E-state index is 11.6. The van der Waals surface area contributed by atoms with Crippen LogP contribution in [0.25, 0.3) is 0 Å². The highest BCUT2D eigenvalue weighted by atomic mass is 32.2. The molecule has 3 N–H and O–H groups in total. The molecule has 8 heteroatoms. The van der Waals surface area contributed by atoms with Crippen molar-refractivity contribution in [3.63, 3.8) is 0 Å². The fraction of sp³-hybridized carbons (Fsp3) is 0.438. The number of aliphatic carboxylic acids is 1. The third-order valence-electron chi connectivity index (χ3n) is 4.17. The molecule has 2 fully saturated rings. The average Bonchev–Trinajstić information content (AvgIpc) is 2.85. The van der Waals surface area contributed by atoms with Crippen molar-refractivity contribution in [2.75, 3.05) is 11.9 Å². The summed E-state index contributed by atoms with van der Waals surface area (Å²) in [6.45, 7) is 0.667. The van der Waals surface area contributed by atoms with E-state index in [1.165, 1.54) is 4.90 Å². The quantitative estimate of drug-likeness (QED) is 0.403. The normalized spacial score (nSPS) is 24.9. The number of thioether (sulfide) groups is 1. The third-order valence-corrected chi connectivity index (χ3v) is 5.96. The summed E-state index contributed by atoms with van der Waals surface area (Å²) >= 11 is 6.85. The number of para-hydroxylation sites is 1. The van der Waals surface area contributed by atoms with Crippen LogP contribution in [-0.2, 0) is 9.59 Å². The number of nitrogens with one attached hydrogen (secondary N) is 2. The largest absolute Gasteiger partial charge is 0.480 e. The van der Waals surface area contributed by atoms with E-state index in [0.29, 0.717) is 18.1 Å². The van der Waals surface area contributed by atoms with Gasteiger partial charge in [-0.25, -0.2) is 4.79 Å². The minimum Gasteiger partial charge on any atom is -0.480 e. The molecule has 0 aromatic heterocycles. The van der Waals surface area contributed by atoms with Crippen molar-refractivity contribution in [3.8, 4) is 0 Å². The molecule has 2 unspecified atom stereocenters. The molecule has 2 aliphatic rings. The Bertz CT molecular complexity index is 641. The highest BCUT2D eigenvalue weighted by molar-refractivity contribution is 8.01. The lowest BCUT2D eigenvalue weighted by Gasteiger charge is -2.35. The van der Waals surface area contributed by atoms with E-state index in [1.54, 1.807) is 11.8 Å². The van der Waals surface area contributed by atoms with Gasteiger partial charge >= 0.3 is 5.97 Å². The van der Waals surface area contributed by atoms with E-state index in [-0.39, 0.29) is 16.5 Å². The van der Waals surface area contributed by atoms with Crippen LogP contribution < -0.4 is 10.6 Å². The summed E-state index contributed by atoms with van der Waals surface area (Å²) in [5, 5.41) is 16.2. The first-order valence-electron chi connectivity index (χ1n) is 7.85. The van der Waals surface area contributed by atoms with E-state index in [9.17, 15) is 14.7 Å². The van der Waals surface area contributed by atoms with Gasteiger partial charge in [0, 0.05) is 17.5 Å². The molecule has 3 rings (SSSR count). The number of hydrogen-bond donors (Lipinski definition) is 3. The first-order valence-corrected chi connectivity index (χ1v) is 9.20. The Kier molecular flexibility index (Phi) is 5.25. The molecule has 2 aliphatic heterocycles. The van der Waals surface area contributed by atoms with Gasteiger partial charge in [0.2, 0.25) is 5.91 Å². The molecule has 0 radical (unpaired) electrons.